The maximum atomic E-state index is 13.3. The third kappa shape index (κ3) is 9.34. The monoisotopic (exact) mass is 536 g/mol. The number of benzene rings is 1. The van der Waals surface area contributed by atoms with Crippen molar-refractivity contribution in [2.45, 2.75) is 43.7 Å². The molecular formula is C23H35F3N4O5S. The molecule has 2 heterocycles. The van der Waals surface area contributed by atoms with Gasteiger partial charge >= 0.3 is 12.1 Å². The summed E-state index contributed by atoms with van der Waals surface area (Å²) in [5.41, 5.74) is 1.10. The summed E-state index contributed by atoms with van der Waals surface area (Å²) < 4.78 is 59.7. The molecule has 3 rings (SSSR count). The summed E-state index contributed by atoms with van der Waals surface area (Å²) in [5.74, 6) is -2.87. The highest BCUT2D eigenvalue weighted by Gasteiger charge is 2.38. The molecule has 1 aromatic rings. The Kier molecular flexibility index (Phi) is 11.6. The van der Waals surface area contributed by atoms with Crippen molar-refractivity contribution in [3.8, 4) is 0 Å². The van der Waals surface area contributed by atoms with E-state index in [1.165, 1.54) is 17.1 Å². The third-order valence-electron chi connectivity index (χ3n) is 6.07. The minimum atomic E-state index is -5.08. The fourth-order valence-electron chi connectivity index (χ4n) is 3.97. The maximum absolute atomic E-state index is 13.3. The summed E-state index contributed by atoms with van der Waals surface area (Å²) in [6, 6.07) is 7.04. The average Bonchev–Trinajstić information content (AvgIpc) is 3.37. The molecule has 0 radical (unpaired) electrons. The first-order valence-electron chi connectivity index (χ1n) is 12.0. The van der Waals surface area contributed by atoms with Crippen LogP contribution in [0, 0.1) is 0 Å². The van der Waals surface area contributed by atoms with Crippen LogP contribution in [0.15, 0.2) is 29.2 Å². The van der Waals surface area contributed by atoms with Crippen LogP contribution < -0.4 is 5.32 Å². The number of nitrogens with zero attached hydrogens (tertiary/aromatic N) is 3. The van der Waals surface area contributed by atoms with Crippen LogP contribution in [0.3, 0.4) is 0 Å². The van der Waals surface area contributed by atoms with Gasteiger partial charge in [0.25, 0.3) is 0 Å². The molecule has 9 nitrogen and oxygen atoms in total. The highest BCUT2D eigenvalue weighted by Crippen LogP contribution is 2.18. The van der Waals surface area contributed by atoms with Crippen LogP contribution in [0.4, 0.5) is 13.2 Å². The molecule has 2 aliphatic heterocycles. The van der Waals surface area contributed by atoms with Crippen molar-refractivity contribution in [1.29, 1.82) is 0 Å². The topological polar surface area (TPSA) is 110 Å². The van der Waals surface area contributed by atoms with Gasteiger partial charge < -0.3 is 20.2 Å². The number of carboxylic acid groups (broad SMARTS) is 1. The highest BCUT2D eigenvalue weighted by atomic mass is 32.2. The molecule has 0 unspecified atom stereocenters. The first-order valence-corrected chi connectivity index (χ1v) is 13.5. The molecular weight excluding hydrogens is 501 g/mol. The summed E-state index contributed by atoms with van der Waals surface area (Å²) in [7, 11) is -3.70. The van der Waals surface area contributed by atoms with Crippen molar-refractivity contribution in [3.05, 3.63) is 29.8 Å². The lowest BCUT2D eigenvalue weighted by Crippen LogP contribution is -2.50. The molecule has 2 fully saturated rings. The van der Waals surface area contributed by atoms with Gasteiger partial charge in [0.2, 0.25) is 15.9 Å². The first-order chi connectivity index (χ1) is 16.9. The molecule has 0 atom stereocenters. The number of nitrogens with one attached hydrogen (secondary N) is 1. The number of hydrogen-bond acceptors (Lipinski definition) is 6. The van der Waals surface area contributed by atoms with Crippen LogP contribution in [-0.2, 0) is 26.0 Å². The fraction of sp³-hybridized carbons (Fsp3) is 0.652. The summed E-state index contributed by atoms with van der Waals surface area (Å²) in [4.78, 5) is 26.1. The molecule has 13 heteroatoms. The van der Waals surface area contributed by atoms with Crippen LogP contribution in [-0.4, -0.2) is 105 Å². The molecule has 36 heavy (non-hydrogen) atoms. The van der Waals surface area contributed by atoms with E-state index in [1.54, 1.807) is 17.0 Å². The average molecular weight is 537 g/mol. The van der Waals surface area contributed by atoms with E-state index in [1.807, 2.05) is 19.1 Å². The molecule has 204 valence electrons. The Bertz CT molecular complexity index is 945. The van der Waals surface area contributed by atoms with Gasteiger partial charge in [-0.15, -0.1) is 0 Å². The van der Waals surface area contributed by atoms with Crippen LogP contribution in [0.5, 0.6) is 0 Å². The number of rotatable bonds is 9. The van der Waals surface area contributed by atoms with Gasteiger partial charge in [-0.3, -0.25) is 4.79 Å². The lowest BCUT2D eigenvalue weighted by atomic mass is 10.2. The number of carbonyl (C=O) groups excluding carboxylic acids is 1. The predicted molar refractivity (Wildman–Crippen MR) is 128 cm³/mol. The number of aryl methyl sites for hydroxylation is 1. The number of sulfonamides is 1. The SMILES string of the molecule is CCc1ccc(S(=O)(=O)N(CCCN2CCCC2)CC(=O)N2CCNCC2)cc1.O=C(O)C(F)(F)F. The minimum absolute atomic E-state index is 0.0855. The van der Waals surface area contributed by atoms with Gasteiger partial charge in [-0.1, -0.05) is 19.1 Å². The molecule has 1 aromatic carbocycles. The zero-order valence-corrected chi connectivity index (χ0v) is 21.3. The molecule has 0 bridgehead atoms. The summed E-state index contributed by atoms with van der Waals surface area (Å²) in [5, 5.41) is 10.3. The van der Waals surface area contributed by atoms with Gasteiger partial charge in [-0.05, 0) is 63.0 Å². The van der Waals surface area contributed by atoms with E-state index in [4.69, 9.17) is 9.90 Å². The molecule has 2 aliphatic rings. The zero-order valence-electron chi connectivity index (χ0n) is 20.5. The Hall–Kier alpha value is -2.22. The summed E-state index contributed by atoms with van der Waals surface area (Å²) in [6.45, 7) is 8.15. The molecule has 0 spiro atoms. The number of likely N-dealkylation sites (tertiary alicyclic amines) is 1. The van der Waals surface area contributed by atoms with Crippen molar-refractivity contribution in [3.63, 3.8) is 0 Å². The highest BCUT2D eigenvalue weighted by molar-refractivity contribution is 7.89. The van der Waals surface area contributed by atoms with E-state index in [9.17, 15) is 26.4 Å². The van der Waals surface area contributed by atoms with Gasteiger partial charge in [0.1, 0.15) is 0 Å². The zero-order chi connectivity index (χ0) is 26.8. The minimum Gasteiger partial charge on any atom is -0.475 e. The number of amides is 1. The predicted octanol–water partition coefficient (Wildman–Crippen LogP) is 1.79. The number of hydrogen-bond donors (Lipinski definition) is 2. The van der Waals surface area contributed by atoms with E-state index in [0.717, 1.165) is 51.1 Å². The van der Waals surface area contributed by atoms with E-state index >= 15 is 0 Å². The Balaban J connectivity index is 0.000000572. The lowest BCUT2D eigenvalue weighted by molar-refractivity contribution is -0.192. The quantitative estimate of drug-likeness (QED) is 0.495. The number of halogens is 3. The lowest BCUT2D eigenvalue weighted by Gasteiger charge is -2.30. The van der Waals surface area contributed by atoms with Gasteiger partial charge in [0, 0.05) is 32.7 Å². The molecule has 0 aromatic heterocycles. The fourth-order valence-corrected chi connectivity index (χ4v) is 5.40. The number of carboxylic acids is 1. The Morgan fingerprint density at radius 3 is 2.11 bits per heavy atom. The maximum Gasteiger partial charge on any atom is 0.490 e. The standard InChI is InChI=1S/C21H34N4O3S.C2HF3O2/c1-2-19-6-8-20(9-7-19)29(27,28)25(15-5-14-23-12-3-4-13-23)18-21(26)24-16-10-22-11-17-24;3-2(4,5)1(6)7/h6-9,22H,2-5,10-18H2,1H3;(H,6,7). The van der Waals surface area contributed by atoms with Crippen LogP contribution in [0.1, 0.15) is 31.7 Å². The van der Waals surface area contributed by atoms with Gasteiger partial charge in [-0.25, -0.2) is 13.2 Å². The number of carbonyl (C=O) groups is 2. The van der Waals surface area contributed by atoms with Crippen LogP contribution in [0.2, 0.25) is 0 Å². The third-order valence-corrected chi connectivity index (χ3v) is 7.93. The van der Waals surface area contributed by atoms with E-state index in [2.05, 4.69) is 10.2 Å². The Morgan fingerprint density at radius 2 is 1.61 bits per heavy atom. The molecule has 1 amide bonds. The normalized spacial score (nSPS) is 17.1. The second-order valence-corrected chi connectivity index (χ2v) is 10.6. The summed E-state index contributed by atoms with van der Waals surface area (Å²) in [6.07, 6.45) is -1.05. The first kappa shape index (κ1) is 30.0. The molecule has 2 saturated heterocycles. The molecule has 0 saturated carbocycles. The van der Waals surface area contributed by atoms with E-state index < -0.39 is 22.2 Å². The Labute approximate surface area is 210 Å². The largest absolute Gasteiger partial charge is 0.490 e. The number of aliphatic carboxylic acids is 1. The van der Waals surface area contributed by atoms with E-state index in [0.29, 0.717) is 19.6 Å². The second-order valence-electron chi connectivity index (χ2n) is 8.67. The van der Waals surface area contributed by atoms with Gasteiger partial charge in [0.05, 0.1) is 11.4 Å². The van der Waals surface area contributed by atoms with Gasteiger partial charge in [-0.2, -0.15) is 17.5 Å². The Morgan fingerprint density at radius 1 is 1.06 bits per heavy atom. The van der Waals surface area contributed by atoms with E-state index in [-0.39, 0.29) is 17.3 Å². The van der Waals surface area contributed by atoms with Crippen molar-refractivity contribution in [2.24, 2.45) is 0 Å². The van der Waals surface area contributed by atoms with Crippen LogP contribution in [0.25, 0.3) is 0 Å². The smallest absolute Gasteiger partial charge is 0.475 e. The van der Waals surface area contributed by atoms with Crippen molar-refractivity contribution in [2.75, 3.05) is 58.9 Å². The number of alkyl halides is 3. The van der Waals surface area contributed by atoms with Crippen molar-refractivity contribution < 1.29 is 36.3 Å². The molecule has 2 N–H and O–H groups in total. The van der Waals surface area contributed by atoms with Crippen molar-refractivity contribution >= 4 is 21.9 Å². The second kappa shape index (κ2) is 13.9. The number of piperazine rings is 1. The van der Waals surface area contributed by atoms with Gasteiger partial charge in [0.15, 0.2) is 0 Å². The van der Waals surface area contributed by atoms with Crippen LogP contribution >= 0.6 is 0 Å². The van der Waals surface area contributed by atoms with Crippen molar-refractivity contribution in [1.82, 2.24) is 19.4 Å². The molecule has 0 aliphatic carbocycles. The summed E-state index contributed by atoms with van der Waals surface area (Å²) >= 11 is 0.